The third-order valence-corrected chi connectivity index (χ3v) is 4.23. The summed E-state index contributed by atoms with van der Waals surface area (Å²) in [5.74, 6) is 0.133. The van der Waals surface area contributed by atoms with Crippen molar-refractivity contribution in [3.05, 3.63) is 0 Å². The lowest BCUT2D eigenvalue weighted by molar-refractivity contribution is -0.122. The molecule has 2 aliphatic rings. The van der Waals surface area contributed by atoms with Crippen LogP contribution in [0.25, 0.3) is 0 Å². The normalized spacial score (nSPS) is 25.7. The summed E-state index contributed by atoms with van der Waals surface area (Å²) in [6, 6.07) is 0. The predicted octanol–water partition coefficient (Wildman–Crippen LogP) is 1.61. The van der Waals surface area contributed by atoms with Crippen LogP contribution < -0.4 is 5.32 Å². The fraction of sp³-hybridized carbons (Fsp3) is 0.929. The van der Waals surface area contributed by atoms with Crippen molar-refractivity contribution in [3.63, 3.8) is 0 Å². The first-order valence-corrected chi connectivity index (χ1v) is 7.23. The minimum absolute atomic E-state index is 0.133. The van der Waals surface area contributed by atoms with E-state index in [0.717, 1.165) is 51.7 Å². The van der Waals surface area contributed by atoms with Crippen LogP contribution in [0.15, 0.2) is 0 Å². The molecular formula is C14H25NO3. The van der Waals surface area contributed by atoms with Gasteiger partial charge in [-0.3, -0.25) is 4.79 Å². The van der Waals surface area contributed by atoms with Gasteiger partial charge in [0.1, 0.15) is 0 Å². The molecule has 0 spiro atoms. The highest BCUT2D eigenvalue weighted by Gasteiger charge is 2.41. The van der Waals surface area contributed by atoms with Gasteiger partial charge in [-0.15, -0.1) is 0 Å². The number of hydrogen-bond donors (Lipinski definition) is 2. The Labute approximate surface area is 109 Å². The minimum Gasteiger partial charge on any atom is -0.396 e. The Morgan fingerprint density at radius 3 is 2.83 bits per heavy atom. The zero-order valence-electron chi connectivity index (χ0n) is 11.1. The Hall–Kier alpha value is -0.610. The summed E-state index contributed by atoms with van der Waals surface area (Å²) in [5.41, 5.74) is 0.214. The third kappa shape index (κ3) is 4.25. The number of nitrogens with one attached hydrogen (secondary N) is 1. The Morgan fingerprint density at radius 1 is 1.39 bits per heavy atom. The first kappa shape index (κ1) is 13.8. The summed E-state index contributed by atoms with van der Waals surface area (Å²) in [7, 11) is 0. The van der Waals surface area contributed by atoms with E-state index in [4.69, 9.17) is 9.84 Å². The average molecular weight is 255 g/mol. The molecule has 0 aromatic carbocycles. The summed E-state index contributed by atoms with van der Waals surface area (Å²) in [5, 5.41) is 12.0. The number of carbonyl (C=O) groups excluding carboxylic acids is 1. The topological polar surface area (TPSA) is 58.6 Å². The molecule has 2 N–H and O–H groups in total. The van der Waals surface area contributed by atoms with Crippen molar-refractivity contribution in [2.24, 2.45) is 5.41 Å². The summed E-state index contributed by atoms with van der Waals surface area (Å²) in [4.78, 5) is 11.7. The summed E-state index contributed by atoms with van der Waals surface area (Å²) in [6.07, 6.45) is 8.29. The molecule has 1 amide bonds. The van der Waals surface area contributed by atoms with E-state index in [1.54, 1.807) is 0 Å². The standard InChI is InChI=1S/C14H25NO3/c16-9-8-14(6-7-14)11-15-13(17)5-4-12-3-1-2-10-18-12/h12,16H,1-11H2,(H,15,17). The van der Waals surface area contributed by atoms with Crippen molar-refractivity contribution in [3.8, 4) is 0 Å². The highest BCUT2D eigenvalue weighted by molar-refractivity contribution is 5.75. The van der Waals surface area contributed by atoms with Crippen LogP contribution in [0.1, 0.15) is 51.4 Å². The summed E-state index contributed by atoms with van der Waals surface area (Å²) >= 11 is 0. The number of aliphatic hydroxyl groups is 1. The van der Waals surface area contributed by atoms with Gasteiger partial charge >= 0.3 is 0 Å². The van der Waals surface area contributed by atoms with E-state index >= 15 is 0 Å². The van der Waals surface area contributed by atoms with Gasteiger partial charge in [-0.2, -0.15) is 0 Å². The van der Waals surface area contributed by atoms with Gasteiger partial charge in [0, 0.05) is 26.2 Å². The van der Waals surface area contributed by atoms with Gasteiger partial charge in [0.2, 0.25) is 5.91 Å². The van der Waals surface area contributed by atoms with Crippen molar-refractivity contribution in [2.45, 2.75) is 57.5 Å². The van der Waals surface area contributed by atoms with E-state index in [1.807, 2.05) is 0 Å². The number of ether oxygens (including phenoxy) is 1. The number of aliphatic hydroxyl groups excluding tert-OH is 1. The molecule has 0 aromatic rings. The van der Waals surface area contributed by atoms with Crippen LogP contribution in [0.3, 0.4) is 0 Å². The van der Waals surface area contributed by atoms with Crippen molar-refractivity contribution >= 4 is 5.91 Å². The van der Waals surface area contributed by atoms with Gasteiger partial charge in [0.05, 0.1) is 6.10 Å². The Kier molecular flexibility index (Phi) is 5.01. The first-order chi connectivity index (χ1) is 8.74. The summed E-state index contributed by atoms with van der Waals surface area (Å²) < 4.78 is 5.61. The molecular weight excluding hydrogens is 230 g/mol. The maximum Gasteiger partial charge on any atom is 0.220 e. The Balaban J connectivity index is 1.57. The molecule has 4 nitrogen and oxygen atoms in total. The zero-order chi connectivity index (χ0) is 12.8. The van der Waals surface area contributed by atoms with E-state index < -0.39 is 0 Å². The molecule has 2 rings (SSSR count). The van der Waals surface area contributed by atoms with Crippen molar-refractivity contribution in [1.82, 2.24) is 5.32 Å². The minimum atomic E-state index is 0.133. The van der Waals surface area contributed by atoms with E-state index in [1.165, 1.54) is 6.42 Å². The summed E-state index contributed by atoms with van der Waals surface area (Å²) in [6.45, 7) is 1.82. The molecule has 1 saturated heterocycles. The zero-order valence-corrected chi connectivity index (χ0v) is 11.1. The van der Waals surface area contributed by atoms with Gasteiger partial charge in [0.25, 0.3) is 0 Å². The van der Waals surface area contributed by atoms with Gasteiger partial charge in [-0.1, -0.05) is 0 Å². The number of hydrogen-bond acceptors (Lipinski definition) is 3. The maximum atomic E-state index is 11.7. The lowest BCUT2D eigenvalue weighted by atomic mass is 10.0. The molecule has 1 atom stereocenters. The second-order valence-corrected chi connectivity index (χ2v) is 5.78. The van der Waals surface area contributed by atoms with Crippen LogP contribution in [-0.4, -0.2) is 36.9 Å². The molecule has 0 bridgehead atoms. The first-order valence-electron chi connectivity index (χ1n) is 7.23. The largest absolute Gasteiger partial charge is 0.396 e. The smallest absolute Gasteiger partial charge is 0.220 e. The second kappa shape index (κ2) is 6.53. The number of amides is 1. The third-order valence-electron chi connectivity index (χ3n) is 4.23. The van der Waals surface area contributed by atoms with Crippen LogP contribution in [0.2, 0.25) is 0 Å². The van der Waals surface area contributed by atoms with Gasteiger partial charge < -0.3 is 15.2 Å². The maximum absolute atomic E-state index is 11.7. The fourth-order valence-electron chi connectivity index (χ4n) is 2.63. The molecule has 104 valence electrons. The molecule has 1 saturated carbocycles. The molecule has 0 aromatic heterocycles. The molecule has 0 radical (unpaired) electrons. The fourth-order valence-corrected chi connectivity index (χ4v) is 2.63. The van der Waals surface area contributed by atoms with Gasteiger partial charge in [-0.25, -0.2) is 0 Å². The number of rotatable bonds is 7. The van der Waals surface area contributed by atoms with Crippen molar-refractivity contribution in [2.75, 3.05) is 19.8 Å². The van der Waals surface area contributed by atoms with Gasteiger partial charge in [-0.05, 0) is 50.4 Å². The Morgan fingerprint density at radius 2 is 2.22 bits per heavy atom. The van der Waals surface area contributed by atoms with Crippen LogP contribution in [0, 0.1) is 5.41 Å². The van der Waals surface area contributed by atoms with Crippen molar-refractivity contribution in [1.29, 1.82) is 0 Å². The van der Waals surface area contributed by atoms with E-state index in [0.29, 0.717) is 6.42 Å². The average Bonchev–Trinajstić information content (AvgIpc) is 3.16. The van der Waals surface area contributed by atoms with Gasteiger partial charge in [0.15, 0.2) is 0 Å². The highest BCUT2D eigenvalue weighted by atomic mass is 16.5. The number of carbonyl (C=O) groups is 1. The SMILES string of the molecule is O=C(CCC1CCCCO1)NCC1(CCO)CC1. The van der Waals surface area contributed by atoms with E-state index in [2.05, 4.69) is 5.32 Å². The Bertz CT molecular complexity index is 270. The predicted molar refractivity (Wildman–Crippen MR) is 69.2 cm³/mol. The van der Waals surface area contributed by atoms with E-state index in [-0.39, 0.29) is 24.0 Å². The van der Waals surface area contributed by atoms with Crippen LogP contribution in [-0.2, 0) is 9.53 Å². The lowest BCUT2D eigenvalue weighted by Crippen LogP contribution is -2.31. The molecule has 1 aliphatic heterocycles. The van der Waals surface area contributed by atoms with Crippen LogP contribution in [0.5, 0.6) is 0 Å². The second-order valence-electron chi connectivity index (χ2n) is 5.78. The molecule has 4 heteroatoms. The quantitative estimate of drug-likeness (QED) is 0.726. The lowest BCUT2D eigenvalue weighted by Gasteiger charge is -2.22. The molecule has 18 heavy (non-hydrogen) atoms. The molecule has 2 fully saturated rings. The van der Waals surface area contributed by atoms with E-state index in [9.17, 15) is 4.79 Å². The monoisotopic (exact) mass is 255 g/mol. The van der Waals surface area contributed by atoms with Crippen LogP contribution >= 0.6 is 0 Å². The molecule has 1 unspecified atom stereocenters. The van der Waals surface area contributed by atoms with Crippen LogP contribution in [0.4, 0.5) is 0 Å². The highest BCUT2D eigenvalue weighted by Crippen LogP contribution is 2.47. The molecule has 1 heterocycles. The molecule has 1 aliphatic carbocycles. The van der Waals surface area contributed by atoms with Crippen molar-refractivity contribution < 1.29 is 14.6 Å².